The van der Waals surface area contributed by atoms with Crippen LogP contribution in [0, 0.1) is 11.6 Å². The van der Waals surface area contributed by atoms with Crippen molar-refractivity contribution in [1.82, 2.24) is 9.97 Å². The van der Waals surface area contributed by atoms with Gasteiger partial charge in [0.15, 0.2) is 0 Å². The monoisotopic (exact) mass is 303 g/mol. The van der Waals surface area contributed by atoms with E-state index >= 15 is 0 Å². The topological polar surface area (TPSA) is 37.8 Å². The second-order valence-electron chi connectivity index (χ2n) is 4.30. The summed E-state index contributed by atoms with van der Waals surface area (Å²) < 4.78 is 26.8. The summed E-state index contributed by atoms with van der Waals surface area (Å²) in [7, 11) is 1.72. The minimum absolute atomic E-state index is 0.322. The van der Waals surface area contributed by atoms with Crippen molar-refractivity contribution in [2.24, 2.45) is 0 Å². The molecule has 0 radical (unpaired) electrons. The van der Waals surface area contributed by atoms with Gasteiger partial charge in [-0.1, -0.05) is 30.0 Å². The molecule has 0 aliphatic carbocycles. The first-order chi connectivity index (χ1) is 10.2. The Hall–Kier alpha value is -2.21. The van der Waals surface area contributed by atoms with Crippen molar-refractivity contribution in [1.29, 1.82) is 0 Å². The Kier molecular flexibility index (Phi) is 3.70. The smallest absolute Gasteiger partial charge is 0.224 e. The van der Waals surface area contributed by atoms with Crippen LogP contribution in [0.25, 0.3) is 10.9 Å². The van der Waals surface area contributed by atoms with Crippen molar-refractivity contribution >= 4 is 28.6 Å². The molecule has 1 heterocycles. The fraction of sp³-hybridized carbons (Fsp3) is 0.0667. The van der Waals surface area contributed by atoms with E-state index in [2.05, 4.69) is 15.3 Å². The van der Waals surface area contributed by atoms with Crippen molar-refractivity contribution < 1.29 is 8.78 Å². The fourth-order valence-electron chi connectivity index (χ4n) is 1.90. The maximum atomic E-state index is 13.8. The maximum Gasteiger partial charge on any atom is 0.224 e. The van der Waals surface area contributed by atoms with Crippen LogP contribution in [-0.4, -0.2) is 17.0 Å². The molecule has 6 heteroatoms. The Morgan fingerprint density at radius 3 is 2.62 bits per heavy atom. The number of rotatable bonds is 3. The standard InChI is InChI=1S/C15H11F2N3S/c1-18-15-19-12-5-3-2-4-10(12)14(20-15)21-13-7-6-9(16)8-11(13)17/h2-8H,1H3,(H,18,19,20). The maximum absolute atomic E-state index is 13.8. The van der Waals surface area contributed by atoms with E-state index in [0.717, 1.165) is 28.7 Å². The number of fused-ring (bicyclic) bond motifs is 1. The lowest BCUT2D eigenvalue weighted by Gasteiger charge is -2.08. The summed E-state index contributed by atoms with van der Waals surface area (Å²) in [6.07, 6.45) is 0. The van der Waals surface area contributed by atoms with Gasteiger partial charge in [-0.15, -0.1) is 0 Å². The minimum atomic E-state index is -0.603. The van der Waals surface area contributed by atoms with Crippen LogP contribution in [0.4, 0.5) is 14.7 Å². The molecule has 106 valence electrons. The highest BCUT2D eigenvalue weighted by molar-refractivity contribution is 7.99. The van der Waals surface area contributed by atoms with E-state index < -0.39 is 11.6 Å². The number of para-hydroxylation sites is 1. The van der Waals surface area contributed by atoms with Crippen molar-refractivity contribution in [3.05, 3.63) is 54.1 Å². The molecule has 0 fully saturated rings. The van der Waals surface area contributed by atoms with Crippen LogP contribution in [0.2, 0.25) is 0 Å². The number of aromatic nitrogens is 2. The van der Waals surface area contributed by atoms with E-state index in [1.54, 1.807) is 7.05 Å². The number of hydrogen-bond donors (Lipinski definition) is 1. The first kappa shape index (κ1) is 13.8. The third-order valence-electron chi connectivity index (χ3n) is 2.89. The van der Waals surface area contributed by atoms with Gasteiger partial charge in [0.05, 0.1) is 5.52 Å². The summed E-state index contributed by atoms with van der Waals surface area (Å²) in [6.45, 7) is 0. The van der Waals surface area contributed by atoms with E-state index in [1.165, 1.54) is 12.1 Å². The molecule has 21 heavy (non-hydrogen) atoms. The second-order valence-corrected chi connectivity index (χ2v) is 5.33. The van der Waals surface area contributed by atoms with Gasteiger partial charge in [0.25, 0.3) is 0 Å². The third-order valence-corrected chi connectivity index (χ3v) is 3.95. The minimum Gasteiger partial charge on any atom is -0.357 e. The molecule has 3 rings (SSSR count). The van der Waals surface area contributed by atoms with Crippen molar-refractivity contribution in [3.8, 4) is 0 Å². The lowest BCUT2D eigenvalue weighted by Crippen LogP contribution is -1.98. The first-order valence-corrected chi connectivity index (χ1v) is 7.06. The van der Waals surface area contributed by atoms with Crippen LogP contribution in [0.5, 0.6) is 0 Å². The molecule has 2 aromatic carbocycles. The summed E-state index contributed by atoms with van der Waals surface area (Å²) >= 11 is 1.15. The highest BCUT2D eigenvalue weighted by Gasteiger charge is 2.11. The second kappa shape index (κ2) is 5.65. The van der Waals surface area contributed by atoms with Gasteiger partial charge >= 0.3 is 0 Å². The highest BCUT2D eigenvalue weighted by atomic mass is 32.2. The molecule has 0 unspecified atom stereocenters. The number of benzene rings is 2. The third kappa shape index (κ3) is 2.80. The summed E-state index contributed by atoms with van der Waals surface area (Å²) in [4.78, 5) is 9.02. The van der Waals surface area contributed by atoms with Crippen LogP contribution in [0.15, 0.2) is 52.4 Å². The molecule has 0 spiro atoms. The summed E-state index contributed by atoms with van der Waals surface area (Å²) in [5.41, 5.74) is 0.766. The van der Waals surface area contributed by atoms with E-state index in [1.807, 2.05) is 24.3 Å². The van der Waals surface area contributed by atoms with Crippen LogP contribution in [0.1, 0.15) is 0 Å². The zero-order chi connectivity index (χ0) is 14.8. The normalized spacial score (nSPS) is 10.8. The molecule has 3 nitrogen and oxygen atoms in total. The molecular formula is C15H11F2N3S. The highest BCUT2D eigenvalue weighted by Crippen LogP contribution is 2.33. The number of hydrogen-bond acceptors (Lipinski definition) is 4. The number of halogens is 2. The van der Waals surface area contributed by atoms with Gasteiger partial charge < -0.3 is 5.32 Å². The largest absolute Gasteiger partial charge is 0.357 e. The van der Waals surface area contributed by atoms with Gasteiger partial charge in [0.2, 0.25) is 5.95 Å². The lowest BCUT2D eigenvalue weighted by atomic mass is 10.2. The van der Waals surface area contributed by atoms with Crippen LogP contribution >= 0.6 is 11.8 Å². The Balaban J connectivity index is 2.10. The van der Waals surface area contributed by atoms with Gasteiger partial charge in [-0.2, -0.15) is 0 Å². The van der Waals surface area contributed by atoms with E-state index in [9.17, 15) is 8.78 Å². The molecule has 0 saturated carbocycles. The fourth-order valence-corrected chi connectivity index (χ4v) is 2.81. The van der Waals surface area contributed by atoms with Gasteiger partial charge in [-0.05, 0) is 18.2 Å². The Labute approximate surface area is 124 Å². The molecule has 1 aromatic heterocycles. The summed E-state index contributed by atoms with van der Waals surface area (Å²) in [5.74, 6) is -0.743. The first-order valence-electron chi connectivity index (χ1n) is 6.25. The van der Waals surface area contributed by atoms with Crippen LogP contribution in [0.3, 0.4) is 0 Å². The van der Waals surface area contributed by atoms with Crippen LogP contribution in [-0.2, 0) is 0 Å². The molecule has 0 aliphatic heterocycles. The summed E-state index contributed by atoms with van der Waals surface area (Å²) in [5, 5.41) is 4.32. The Morgan fingerprint density at radius 2 is 1.86 bits per heavy atom. The lowest BCUT2D eigenvalue weighted by molar-refractivity contribution is 0.565. The molecule has 0 atom stereocenters. The van der Waals surface area contributed by atoms with Gasteiger partial charge in [0, 0.05) is 23.4 Å². The van der Waals surface area contributed by atoms with Gasteiger partial charge in [-0.3, -0.25) is 0 Å². The predicted molar refractivity (Wildman–Crippen MR) is 79.6 cm³/mol. The molecular weight excluding hydrogens is 292 g/mol. The van der Waals surface area contributed by atoms with Gasteiger partial charge in [-0.25, -0.2) is 18.7 Å². The zero-order valence-electron chi connectivity index (χ0n) is 11.1. The van der Waals surface area contributed by atoms with E-state index in [0.29, 0.717) is 15.9 Å². The SMILES string of the molecule is CNc1nc(Sc2ccc(F)cc2F)c2ccccc2n1. The zero-order valence-corrected chi connectivity index (χ0v) is 11.9. The molecule has 0 aliphatic rings. The Bertz CT molecular complexity index is 808. The van der Waals surface area contributed by atoms with Crippen molar-refractivity contribution in [2.45, 2.75) is 9.92 Å². The quantitative estimate of drug-likeness (QED) is 0.739. The van der Waals surface area contributed by atoms with E-state index in [4.69, 9.17) is 0 Å². The Morgan fingerprint density at radius 1 is 1.05 bits per heavy atom. The average molecular weight is 303 g/mol. The molecule has 0 amide bonds. The van der Waals surface area contributed by atoms with Crippen molar-refractivity contribution in [3.63, 3.8) is 0 Å². The predicted octanol–water partition coefficient (Wildman–Crippen LogP) is 4.10. The van der Waals surface area contributed by atoms with Crippen LogP contribution < -0.4 is 5.32 Å². The van der Waals surface area contributed by atoms with Gasteiger partial charge in [0.1, 0.15) is 16.7 Å². The molecule has 3 aromatic rings. The van der Waals surface area contributed by atoms with E-state index in [-0.39, 0.29) is 0 Å². The molecule has 0 saturated heterocycles. The van der Waals surface area contributed by atoms with Crippen molar-refractivity contribution in [2.75, 3.05) is 12.4 Å². The number of nitrogens with one attached hydrogen (secondary N) is 1. The number of nitrogens with zero attached hydrogens (tertiary/aromatic N) is 2. The average Bonchev–Trinajstić information content (AvgIpc) is 2.49. The molecule has 1 N–H and O–H groups in total. The number of anilines is 1. The summed E-state index contributed by atoms with van der Waals surface area (Å²) in [6, 6.07) is 11.0. The molecule has 0 bridgehead atoms.